The number of benzene rings is 3. The number of nitrogens with zero attached hydrogens (tertiary/aromatic N) is 1. The van der Waals surface area contributed by atoms with Crippen LogP contribution < -0.4 is 4.72 Å². The molecule has 0 aliphatic carbocycles. The van der Waals surface area contributed by atoms with E-state index in [1.54, 1.807) is 0 Å². The van der Waals surface area contributed by atoms with Crippen molar-refractivity contribution in [3.05, 3.63) is 101 Å². The molecule has 0 aromatic heterocycles. The summed E-state index contributed by atoms with van der Waals surface area (Å²) in [5, 5.41) is 0. The van der Waals surface area contributed by atoms with Crippen LogP contribution in [0, 0.1) is 0 Å². The number of carbonyl (C=O) groups is 1. The Bertz CT molecular complexity index is 1020. The van der Waals surface area contributed by atoms with E-state index in [9.17, 15) is 17.8 Å². The van der Waals surface area contributed by atoms with Crippen molar-refractivity contribution in [1.29, 1.82) is 0 Å². The first kappa shape index (κ1) is 23.7. The number of alkyl halides is 2. The van der Waals surface area contributed by atoms with Crippen LogP contribution in [-0.4, -0.2) is 26.0 Å². The highest BCUT2D eigenvalue weighted by Crippen LogP contribution is 2.25. The standard InChI is InChI=1S/C24H24F2N2O3S/c25-13-20-11-21(14-26)23(27-32(30)31)12-22(20)24(29)17-28(15-18-7-3-1-4-8-18)16-19-9-5-2-6-10-19/h1-12,27H,13-17H2,(H,30,31). The summed E-state index contributed by atoms with van der Waals surface area (Å²) in [6.45, 7) is -0.919. The van der Waals surface area contributed by atoms with Crippen LogP contribution in [0.5, 0.6) is 0 Å². The first-order valence-electron chi connectivity index (χ1n) is 9.98. The number of halogens is 2. The number of rotatable bonds is 11. The highest BCUT2D eigenvalue weighted by atomic mass is 32.2. The van der Waals surface area contributed by atoms with Crippen LogP contribution in [-0.2, 0) is 37.7 Å². The number of anilines is 1. The van der Waals surface area contributed by atoms with Gasteiger partial charge in [0.05, 0.1) is 12.2 Å². The molecule has 0 amide bonds. The fraction of sp³-hybridized carbons (Fsp3) is 0.208. The van der Waals surface area contributed by atoms with Crippen molar-refractivity contribution in [2.45, 2.75) is 26.4 Å². The van der Waals surface area contributed by atoms with E-state index >= 15 is 0 Å². The Morgan fingerprint density at radius 2 is 1.41 bits per heavy atom. The maximum atomic E-state index is 13.7. The van der Waals surface area contributed by atoms with Gasteiger partial charge in [-0.05, 0) is 28.8 Å². The maximum absolute atomic E-state index is 13.7. The summed E-state index contributed by atoms with van der Waals surface area (Å²) >= 11 is -2.45. The minimum Gasteiger partial charge on any atom is -0.293 e. The lowest BCUT2D eigenvalue weighted by molar-refractivity contribution is 0.0918. The Balaban J connectivity index is 1.89. The van der Waals surface area contributed by atoms with E-state index in [-0.39, 0.29) is 34.7 Å². The molecule has 1 unspecified atom stereocenters. The molecular formula is C24H24F2N2O3S. The van der Waals surface area contributed by atoms with Crippen molar-refractivity contribution >= 4 is 22.7 Å². The Labute approximate surface area is 188 Å². The molecule has 0 saturated heterocycles. The fourth-order valence-electron chi connectivity index (χ4n) is 3.50. The van der Waals surface area contributed by atoms with Crippen molar-refractivity contribution in [3.63, 3.8) is 0 Å². The first-order chi connectivity index (χ1) is 15.5. The van der Waals surface area contributed by atoms with Gasteiger partial charge in [0.15, 0.2) is 5.78 Å². The van der Waals surface area contributed by atoms with Gasteiger partial charge in [-0.15, -0.1) is 0 Å². The van der Waals surface area contributed by atoms with Gasteiger partial charge in [-0.25, -0.2) is 13.0 Å². The average Bonchev–Trinajstić information content (AvgIpc) is 2.79. The van der Waals surface area contributed by atoms with Crippen LogP contribution in [0.2, 0.25) is 0 Å². The predicted octanol–water partition coefficient (Wildman–Crippen LogP) is 5.06. The second-order valence-electron chi connectivity index (χ2n) is 7.32. The molecule has 0 saturated carbocycles. The van der Waals surface area contributed by atoms with Crippen molar-refractivity contribution in [3.8, 4) is 0 Å². The van der Waals surface area contributed by atoms with E-state index < -0.39 is 24.6 Å². The van der Waals surface area contributed by atoms with Gasteiger partial charge in [-0.1, -0.05) is 60.7 Å². The SMILES string of the molecule is O=C(CN(Cc1ccccc1)Cc1ccccc1)c1cc(NS(=O)O)c(CF)cc1CF. The van der Waals surface area contributed by atoms with Gasteiger partial charge >= 0.3 is 0 Å². The van der Waals surface area contributed by atoms with Crippen molar-refractivity contribution in [2.24, 2.45) is 0 Å². The van der Waals surface area contributed by atoms with E-state index in [4.69, 9.17) is 4.55 Å². The van der Waals surface area contributed by atoms with E-state index in [1.807, 2.05) is 65.6 Å². The van der Waals surface area contributed by atoms with Gasteiger partial charge in [0.25, 0.3) is 11.3 Å². The molecule has 32 heavy (non-hydrogen) atoms. The normalized spacial score (nSPS) is 12.0. The Hall–Kier alpha value is -2.94. The summed E-state index contributed by atoms with van der Waals surface area (Å²) in [7, 11) is 0. The number of Topliss-reactive ketones (excluding diaryl/α,β-unsaturated/α-hetero) is 1. The number of ketones is 1. The molecule has 0 bridgehead atoms. The Kier molecular flexibility index (Phi) is 8.61. The van der Waals surface area contributed by atoms with Gasteiger partial charge in [0, 0.05) is 24.2 Å². The third kappa shape index (κ3) is 6.53. The number of hydrogen-bond donors (Lipinski definition) is 2. The molecule has 0 aliphatic heterocycles. The van der Waals surface area contributed by atoms with E-state index in [0.717, 1.165) is 11.1 Å². The molecular weight excluding hydrogens is 434 g/mol. The van der Waals surface area contributed by atoms with E-state index in [0.29, 0.717) is 13.1 Å². The smallest absolute Gasteiger partial charge is 0.259 e. The van der Waals surface area contributed by atoms with E-state index in [2.05, 4.69) is 4.72 Å². The zero-order valence-corrected chi connectivity index (χ0v) is 18.2. The quantitative estimate of drug-likeness (QED) is 0.311. The largest absolute Gasteiger partial charge is 0.293 e. The lowest BCUT2D eigenvalue weighted by atomic mass is 9.99. The van der Waals surface area contributed by atoms with Crippen LogP contribution in [0.15, 0.2) is 72.8 Å². The second-order valence-corrected chi connectivity index (χ2v) is 8.03. The third-order valence-electron chi connectivity index (χ3n) is 4.98. The fourth-order valence-corrected chi connectivity index (χ4v) is 3.88. The zero-order valence-electron chi connectivity index (χ0n) is 17.3. The van der Waals surface area contributed by atoms with Crippen LogP contribution >= 0.6 is 0 Å². The van der Waals surface area contributed by atoms with E-state index in [1.165, 1.54) is 12.1 Å². The lowest BCUT2D eigenvalue weighted by Crippen LogP contribution is -2.30. The average molecular weight is 459 g/mol. The van der Waals surface area contributed by atoms with Crippen LogP contribution in [0.1, 0.15) is 32.6 Å². The molecule has 0 heterocycles. The minimum absolute atomic E-state index is 0.00653. The third-order valence-corrected chi connectivity index (χ3v) is 5.37. The van der Waals surface area contributed by atoms with Crippen molar-refractivity contribution < 1.29 is 22.3 Å². The molecule has 0 aliphatic rings. The minimum atomic E-state index is -2.45. The molecule has 3 rings (SSSR count). The lowest BCUT2D eigenvalue weighted by Gasteiger charge is -2.23. The summed E-state index contributed by atoms with van der Waals surface area (Å²) < 4.78 is 49.5. The first-order valence-corrected chi connectivity index (χ1v) is 11.1. The molecule has 0 radical (unpaired) electrons. The highest BCUT2D eigenvalue weighted by Gasteiger charge is 2.20. The molecule has 8 heteroatoms. The summed E-state index contributed by atoms with van der Waals surface area (Å²) in [5.74, 6) is -0.360. The maximum Gasteiger partial charge on any atom is 0.259 e. The van der Waals surface area contributed by atoms with Crippen LogP contribution in [0.4, 0.5) is 14.5 Å². The number of hydrogen-bond acceptors (Lipinski definition) is 3. The van der Waals surface area contributed by atoms with Crippen molar-refractivity contribution in [1.82, 2.24) is 4.90 Å². The number of nitrogens with one attached hydrogen (secondary N) is 1. The summed E-state index contributed by atoms with van der Waals surface area (Å²) in [5.41, 5.74) is 2.16. The molecule has 0 spiro atoms. The molecule has 3 aromatic carbocycles. The predicted molar refractivity (Wildman–Crippen MR) is 122 cm³/mol. The number of carbonyl (C=O) groups excluding carboxylic acids is 1. The second kappa shape index (κ2) is 11.6. The van der Waals surface area contributed by atoms with Crippen LogP contribution in [0.3, 0.4) is 0 Å². The Morgan fingerprint density at radius 3 is 1.88 bits per heavy atom. The molecule has 0 fully saturated rings. The molecule has 1 atom stereocenters. The van der Waals surface area contributed by atoms with Gasteiger partial charge in [-0.3, -0.25) is 19.0 Å². The van der Waals surface area contributed by atoms with Gasteiger partial charge in [0.1, 0.15) is 13.3 Å². The molecule has 5 nitrogen and oxygen atoms in total. The topological polar surface area (TPSA) is 69.6 Å². The summed E-state index contributed by atoms with van der Waals surface area (Å²) in [6.07, 6.45) is 0. The van der Waals surface area contributed by atoms with Gasteiger partial charge in [-0.2, -0.15) is 0 Å². The van der Waals surface area contributed by atoms with Gasteiger partial charge < -0.3 is 0 Å². The molecule has 2 N–H and O–H groups in total. The van der Waals surface area contributed by atoms with Gasteiger partial charge in [0.2, 0.25) is 0 Å². The Morgan fingerprint density at radius 1 is 0.875 bits per heavy atom. The summed E-state index contributed by atoms with van der Waals surface area (Å²) in [6, 6.07) is 21.8. The van der Waals surface area contributed by atoms with Crippen molar-refractivity contribution in [2.75, 3.05) is 11.3 Å². The molecule has 3 aromatic rings. The monoisotopic (exact) mass is 458 g/mol. The highest BCUT2D eigenvalue weighted by molar-refractivity contribution is 7.80. The summed E-state index contributed by atoms with van der Waals surface area (Å²) in [4.78, 5) is 15.1. The zero-order chi connectivity index (χ0) is 22.9. The van der Waals surface area contributed by atoms with Crippen LogP contribution in [0.25, 0.3) is 0 Å². The molecule has 168 valence electrons.